The highest BCUT2D eigenvalue weighted by atomic mass is 16.3. The molecule has 2 amide bonds. The number of amides is 2. The van der Waals surface area contributed by atoms with Crippen LogP contribution in [-0.4, -0.2) is 30.8 Å². The molecule has 0 saturated carbocycles. The third kappa shape index (κ3) is 2.88. The highest BCUT2D eigenvalue weighted by Crippen LogP contribution is 2.15. The van der Waals surface area contributed by atoms with Gasteiger partial charge in [0.25, 0.3) is 11.8 Å². The zero-order chi connectivity index (χ0) is 14.7. The van der Waals surface area contributed by atoms with Gasteiger partial charge >= 0.3 is 0 Å². The predicted molar refractivity (Wildman–Crippen MR) is 75.9 cm³/mol. The second-order valence-corrected chi connectivity index (χ2v) is 4.62. The fraction of sp³-hybridized carbons (Fsp3) is 0.200. The monoisotopic (exact) mass is 272 g/mol. The molecule has 2 rings (SSSR count). The number of hydrogen-bond donors (Lipinski definition) is 1. The molecule has 0 aliphatic rings. The zero-order valence-electron chi connectivity index (χ0n) is 11.6. The maximum absolute atomic E-state index is 12.0. The molecule has 0 bridgehead atoms. The van der Waals surface area contributed by atoms with Crippen molar-refractivity contribution in [1.29, 1.82) is 0 Å². The van der Waals surface area contributed by atoms with E-state index in [1.165, 1.54) is 11.2 Å². The van der Waals surface area contributed by atoms with E-state index in [9.17, 15) is 9.59 Å². The lowest BCUT2D eigenvalue weighted by molar-refractivity contribution is 0.0827. The summed E-state index contributed by atoms with van der Waals surface area (Å²) in [6, 6.07) is 8.44. The summed E-state index contributed by atoms with van der Waals surface area (Å²) < 4.78 is 5.10. The van der Waals surface area contributed by atoms with Crippen LogP contribution in [0.2, 0.25) is 0 Å². The molecule has 0 spiro atoms. The molecule has 0 saturated heterocycles. The number of carbonyl (C=O) groups is 2. The summed E-state index contributed by atoms with van der Waals surface area (Å²) in [7, 11) is 3.37. The van der Waals surface area contributed by atoms with Crippen molar-refractivity contribution in [3.63, 3.8) is 0 Å². The summed E-state index contributed by atoms with van der Waals surface area (Å²) in [6.45, 7) is 1.72. The van der Waals surface area contributed by atoms with Crippen LogP contribution in [0.4, 0.5) is 5.69 Å². The number of benzene rings is 1. The van der Waals surface area contributed by atoms with Crippen molar-refractivity contribution >= 4 is 17.5 Å². The number of anilines is 1. The van der Waals surface area contributed by atoms with Gasteiger partial charge < -0.3 is 14.6 Å². The van der Waals surface area contributed by atoms with E-state index < -0.39 is 0 Å². The molecule has 0 fully saturated rings. The number of rotatable bonds is 3. The Kier molecular flexibility index (Phi) is 3.89. The molecule has 1 aromatic carbocycles. The number of nitrogens with zero attached hydrogens (tertiary/aromatic N) is 1. The van der Waals surface area contributed by atoms with Crippen LogP contribution in [0.15, 0.2) is 41.0 Å². The van der Waals surface area contributed by atoms with Crippen molar-refractivity contribution in [3.05, 3.63) is 53.5 Å². The van der Waals surface area contributed by atoms with E-state index in [2.05, 4.69) is 5.32 Å². The molecule has 1 N–H and O–H groups in total. The minimum Gasteiger partial charge on any atom is -0.469 e. The first kappa shape index (κ1) is 13.9. The van der Waals surface area contributed by atoms with E-state index in [1.54, 1.807) is 51.4 Å². The normalized spacial score (nSPS) is 10.2. The Labute approximate surface area is 117 Å². The minimum absolute atomic E-state index is 0.111. The van der Waals surface area contributed by atoms with Crippen LogP contribution in [0.25, 0.3) is 0 Å². The Bertz CT molecular complexity index is 644. The van der Waals surface area contributed by atoms with Gasteiger partial charge in [0.15, 0.2) is 0 Å². The smallest absolute Gasteiger partial charge is 0.259 e. The first-order chi connectivity index (χ1) is 9.49. The van der Waals surface area contributed by atoms with Gasteiger partial charge in [-0.1, -0.05) is 6.07 Å². The first-order valence-corrected chi connectivity index (χ1v) is 6.16. The number of carbonyl (C=O) groups excluding carboxylic acids is 2. The summed E-state index contributed by atoms with van der Waals surface area (Å²) in [6.07, 6.45) is 1.47. The molecule has 0 atom stereocenters. The Morgan fingerprint density at radius 1 is 1.20 bits per heavy atom. The molecule has 0 radical (unpaired) electrons. The Morgan fingerprint density at radius 3 is 2.55 bits per heavy atom. The van der Waals surface area contributed by atoms with Crippen molar-refractivity contribution in [3.8, 4) is 0 Å². The van der Waals surface area contributed by atoms with Crippen LogP contribution in [0.1, 0.15) is 26.5 Å². The lowest BCUT2D eigenvalue weighted by Gasteiger charge is -2.11. The quantitative estimate of drug-likeness (QED) is 0.934. The van der Waals surface area contributed by atoms with Crippen LogP contribution < -0.4 is 5.32 Å². The Hall–Kier alpha value is -2.56. The summed E-state index contributed by atoms with van der Waals surface area (Å²) in [5, 5.41) is 2.75. The maximum Gasteiger partial charge on any atom is 0.259 e. The van der Waals surface area contributed by atoms with Crippen LogP contribution in [-0.2, 0) is 0 Å². The molecule has 0 unspecified atom stereocenters. The molecular weight excluding hydrogens is 256 g/mol. The molecule has 0 aliphatic carbocycles. The van der Waals surface area contributed by atoms with Crippen molar-refractivity contribution < 1.29 is 14.0 Å². The molecule has 104 valence electrons. The molecule has 20 heavy (non-hydrogen) atoms. The van der Waals surface area contributed by atoms with Gasteiger partial charge in [0.05, 0.1) is 11.8 Å². The Balaban J connectivity index is 2.18. The molecule has 1 aromatic heterocycles. The van der Waals surface area contributed by atoms with Gasteiger partial charge in [0, 0.05) is 25.3 Å². The average Bonchev–Trinajstić information content (AvgIpc) is 2.84. The van der Waals surface area contributed by atoms with E-state index in [0.29, 0.717) is 22.6 Å². The summed E-state index contributed by atoms with van der Waals surface area (Å²) in [4.78, 5) is 25.4. The topological polar surface area (TPSA) is 62.6 Å². The fourth-order valence-corrected chi connectivity index (χ4v) is 1.81. The summed E-state index contributed by atoms with van der Waals surface area (Å²) >= 11 is 0. The zero-order valence-corrected chi connectivity index (χ0v) is 11.6. The minimum atomic E-state index is -0.259. The van der Waals surface area contributed by atoms with Gasteiger partial charge in [-0.25, -0.2) is 0 Å². The first-order valence-electron chi connectivity index (χ1n) is 6.16. The van der Waals surface area contributed by atoms with Crippen molar-refractivity contribution in [1.82, 2.24) is 4.90 Å². The van der Waals surface area contributed by atoms with Crippen LogP contribution in [0, 0.1) is 6.92 Å². The Morgan fingerprint density at radius 2 is 1.95 bits per heavy atom. The van der Waals surface area contributed by atoms with Crippen molar-refractivity contribution in [2.75, 3.05) is 19.4 Å². The van der Waals surface area contributed by atoms with E-state index >= 15 is 0 Å². The lowest BCUT2D eigenvalue weighted by Crippen LogP contribution is -2.22. The molecule has 1 heterocycles. The summed E-state index contributed by atoms with van der Waals surface area (Å²) in [5.74, 6) is 0.189. The number of hydrogen-bond acceptors (Lipinski definition) is 3. The van der Waals surface area contributed by atoms with E-state index in [0.717, 1.165) is 0 Å². The van der Waals surface area contributed by atoms with Gasteiger partial charge in [0.1, 0.15) is 5.76 Å². The third-order valence-corrected chi connectivity index (χ3v) is 2.88. The molecule has 5 nitrogen and oxygen atoms in total. The van der Waals surface area contributed by atoms with Gasteiger partial charge in [-0.05, 0) is 31.2 Å². The lowest BCUT2D eigenvalue weighted by atomic mass is 10.1. The standard InChI is InChI=1S/C15H16N2O3/c1-10-13(7-8-20-10)14(18)16-12-6-4-5-11(9-12)15(19)17(2)3/h4-9H,1-3H3,(H,16,18). The SMILES string of the molecule is Cc1occc1C(=O)Nc1cccc(C(=O)N(C)C)c1. The number of nitrogens with one attached hydrogen (secondary N) is 1. The second-order valence-electron chi connectivity index (χ2n) is 4.62. The van der Waals surface area contributed by atoms with Gasteiger partial charge in [-0.15, -0.1) is 0 Å². The maximum atomic E-state index is 12.0. The van der Waals surface area contributed by atoms with Crippen LogP contribution >= 0.6 is 0 Å². The number of furan rings is 1. The highest BCUT2D eigenvalue weighted by Gasteiger charge is 2.13. The predicted octanol–water partition coefficient (Wildman–Crippen LogP) is 2.54. The highest BCUT2D eigenvalue weighted by molar-refractivity contribution is 6.05. The van der Waals surface area contributed by atoms with Gasteiger partial charge in [-0.2, -0.15) is 0 Å². The third-order valence-electron chi connectivity index (χ3n) is 2.88. The van der Waals surface area contributed by atoms with Crippen LogP contribution in [0.3, 0.4) is 0 Å². The largest absolute Gasteiger partial charge is 0.469 e. The van der Waals surface area contributed by atoms with E-state index in [1.807, 2.05) is 0 Å². The van der Waals surface area contributed by atoms with Gasteiger partial charge in [-0.3, -0.25) is 9.59 Å². The second kappa shape index (κ2) is 5.61. The van der Waals surface area contributed by atoms with E-state index in [-0.39, 0.29) is 11.8 Å². The average molecular weight is 272 g/mol. The van der Waals surface area contributed by atoms with E-state index in [4.69, 9.17) is 4.42 Å². The molecular formula is C15H16N2O3. The molecule has 2 aromatic rings. The summed E-state index contributed by atoms with van der Waals surface area (Å²) in [5.41, 5.74) is 1.58. The van der Waals surface area contributed by atoms with Crippen LogP contribution in [0.5, 0.6) is 0 Å². The number of aryl methyl sites for hydroxylation is 1. The fourth-order valence-electron chi connectivity index (χ4n) is 1.81. The molecule has 5 heteroatoms. The van der Waals surface area contributed by atoms with Gasteiger partial charge in [0.2, 0.25) is 0 Å². The van der Waals surface area contributed by atoms with Crippen molar-refractivity contribution in [2.24, 2.45) is 0 Å². The molecule has 0 aliphatic heterocycles. The van der Waals surface area contributed by atoms with Crippen molar-refractivity contribution in [2.45, 2.75) is 6.92 Å².